The van der Waals surface area contributed by atoms with Gasteiger partial charge in [0.2, 0.25) is 47.5 Å². The summed E-state index contributed by atoms with van der Waals surface area (Å²) in [4.78, 5) is 101. The summed E-state index contributed by atoms with van der Waals surface area (Å²) in [6, 6.07) is 7.29. The lowest BCUT2D eigenvalue weighted by molar-refractivity contribution is -0.222. The van der Waals surface area contributed by atoms with E-state index in [2.05, 4.69) is 26.0 Å². The number of carbonyl (C=O) groups is 8. The summed E-state index contributed by atoms with van der Waals surface area (Å²) >= 11 is 0. The number of amides is 7. The molecule has 2 rings (SSSR count). The molecule has 2 unspecified atom stereocenters. The van der Waals surface area contributed by atoms with Crippen LogP contribution in [0.5, 0.6) is 0 Å². The normalized spacial score (nSPS) is 15.9. The molecule has 1 aromatic carbocycles. The van der Waals surface area contributed by atoms with E-state index in [4.69, 9.17) is 0 Å². The van der Waals surface area contributed by atoms with Crippen molar-refractivity contribution in [3.05, 3.63) is 35.9 Å². The maximum absolute atomic E-state index is 13.4. The zero-order chi connectivity index (χ0) is 41.6. The van der Waals surface area contributed by atoms with Crippen LogP contribution in [0.3, 0.4) is 0 Å². The zero-order valence-corrected chi connectivity index (χ0v) is 32.2. The number of rotatable bonds is 20. The maximum Gasteiger partial charge on any atom is 0.421 e. The van der Waals surface area contributed by atoms with Crippen LogP contribution in [0.15, 0.2) is 30.3 Å². The average molecular weight is 783 g/mol. The minimum Gasteiger partial charge on any atom is -0.347 e. The molecule has 0 radical (unpaired) electrons. The van der Waals surface area contributed by atoms with Crippen LogP contribution in [0.2, 0.25) is 0 Å². The van der Waals surface area contributed by atoms with Crippen molar-refractivity contribution in [2.24, 2.45) is 16.7 Å². The first-order valence-corrected chi connectivity index (χ1v) is 18.0. The molecule has 1 aliphatic rings. The molecule has 1 aromatic rings. The molecule has 7 amide bonds. The number of nitrogens with one attached hydrogen (secondary N) is 5. The fraction of sp³-hybridized carbons (Fsp3) is 0.622. The lowest BCUT2D eigenvalue weighted by atomic mass is 9.80. The fourth-order valence-electron chi connectivity index (χ4n) is 5.41. The Bertz CT molecular complexity index is 1540. The smallest absolute Gasteiger partial charge is 0.347 e. The Labute approximate surface area is 318 Å². The Morgan fingerprint density at radius 1 is 0.782 bits per heavy atom. The fourth-order valence-corrected chi connectivity index (χ4v) is 5.41. The van der Waals surface area contributed by atoms with Crippen LogP contribution in [0.4, 0.5) is 13.2 Å². The van der Waals surface area contributed by atoms with Crippen molar-refractivity contribution in [1.29, 1.82) is 0 Å². The van der Waals surface area contributed by atoms with Crippen LogP contribution >= 0.6 is 0 Å². The standard InChI is InChI=1S/C37H53F3N6O9/c1-35(2,3)24-18-30(51)46(34(24)54)16-12-8-11-15-26(47)41-19-27(48)42-21-29(50)45-25(17-23-13-9-7-10-14-23)33(53)43-20-28(49)44-22-55-32(37(38,39)40)31(52)36(4,5)6/h7,9-10,13-14,24-25,32H,8,11-12,15-22H2,1-6H3,(H,41,47)(H,42,48)(H,43,53)(H,44,49)(H,45,50)/t24?,25-,32?/m0/s1. The highest BCUT2D eigenvalue weighted by Gasteiger charge is 2.49. The largest absolute Gasteiger partial charge is 0.421 e. The van der Waals surface area contributed by atoms with Crippen LogP contribution in [0, 0.1) is 16.7 Å². The third kappa shape index (κ3) is 16.2. The number of hydrogen-bond acceptors (Lipinski definition) is 9. The van der Waals surface area contributed by atoms with E-state index < -0.39 is 85.4 Å². The van der Waals surface area contributed by atoms with Gasteiger partial charge in [0.25, 0.3) is 0 Å². The van der Waals surface area contributed by atoms with Crippen LogP contribution in [0.25, 0.3) is 0 Å². The van der Waals surface area contributed by atoms with Crippen molar-refractivity contribution in [3.63, 3.8) is 0 Å². The van der Waals surface area contributed by atoms with Gasteiger partial charge in [0.1, 0.15) is 12.8 Å². The number of ether oxygens (including phenoxy) is 1. The molecule has 1 heterocycles. The van der Waals surface area contributed by atoms with Gasteiger partial charge in [-0.25, -0.2) is 0 Å². The first kappa shape index (κ1) is 46.3. The second kappa shape index (κ2) is 20.7. The van der Waals surface area contributed by atoms with Crippen LogP contribution in [-0.4, -0.2) is 103 Å². The number of hydrogen-bond donors (Lipinski definition) is 5. The van der Waals surface area contributed by atoms with E-state index in [1.807, 2.05) is 26.1 Å². The van der Waals surface area contributed by atoms with E-state index in [9.17, 15) is 51.5 Å². The van der Waals surface area contributed by atoms with Gasteiger partial charge in [-0.05, 0) is 23.8 Å². The molecule has 1 fully saturated rings. The Kier molecular flexibility index (Phi) is 17.4. The van der Waals surface area contributed by atoms with Gasteiger partial charge in [0, 0.05) is 31.2 Å². The minimum atomic E-state index is -5.01. The molecule has 1 aliphatic heterocycles. The summed E-state index contributed by atoms with van der Waals surface area (Å²) in [5.41, 5.74) is -1.04. The summed E-state index contributed by atoms with van der Waals surface area (Å²) in [6.45, 7) is 7.31. The molecule has 18 heteroatoms. The van der Waals surface area contributed by atoms with Gasteiger partial charge in [0.15, 0.2) is 5.78 Å². The van der Waals surface area contributed by atoms with Gasteiger partial charge in [-0.2, -0.15) is 13.2 Å². The van der Waals surface area contributed by atoms with Gasteiger partial charge in [-0.15, -0.1) is 0 Å². The number of imide groups is 1. The number of nitrogens with zero attached hydrogens (tertiary/aromatic N) is 1. The number of halogens is 3. The minimum absolute atomic E-state index is 0.0165. The number of Topliss-reactive ketones (excluding diaryl/α,β-unsaturated/α-hetero) is 1. The average Bonchev–Trinajstić information content (AvgIpc) is 3.38. The van der Waals surface area contributed by atoms with E-state index in [-0.39, 0.29) is 49.0 Å². The first-order chi connectivity index (χ1) is 25.5. The number of unbranched alkanes of at least 4 members (excludes halogenated alkanes) is 2. The van der Waals surface area contributed by atoms with Crippen molar-refractivity contribution in [2.75, 3.05) is 32.9 Å². The highest BCUT2D eigenvalue weighted by molar-refractivity contribution is 6.03. The van der Waals surface area contributed by atoms with Crippen molar-refractivity contribution in [2.45, 2.75) is 98.4 Å². The molecule has 0 spiro atoms. The number of benzene rings is 1. The second-order valence-corrected chi connectivity index (χ2v) is 15.3. The van der Waals surface area contributed by atoms with Crippen molar-refractivity contribution in [3.8, 4) is 0 Å². The summed E-state index contributed by atoms with van der Waals surface area (Å²) in [7, 11) is 0. The quantitative estimate of drug-likeness (QED) is 0.0740. The Hall–Kier alpha value is -4.87. The van der Waals surface area contributed by atoms with Crippen molar-refractivity contribution >= 4 is 47.1 Å². The molecule has 15 nitrogen and oxygen atoms in total. The Balaban J connectivity index is 1.77. The van der Waals surface area contributed by atoms with Crippen LogP contribution in [0.1, 0.15) is 79.2 Å². The summed E-state index contributed by atoms with van der Waals surface area (Å²) < 4.78 is 44.7. The van der Waals surface area contributed by atoms with E-state index in [0.717, 1.165) is 0 Å². The van der Waals surface area contributed by atoms with Gasteiger partial charge >= 0.3 is 6.18 Å². The van der Waals surface area contributed by atoms with Crippen molar-refractivity contribution in [1.82, 2.24) is 31.5 Å². The molecule has 3 atom stereocenters. The van der Waals surface area contributed by atoms with E-state index in [1.165, 1.54) is 25.7 Å². The summed E-state index contributed by atoms with van der Waals surface area (Å²) in [5.74, 6) is -5.53. The Morgan fingerprint density at radius 3 is 1.95 bits per heavy atom. The van der Waals surface area contributed by atoms with E-state index in [0.29, 0.717) is 24.8 Å². The number of alkyl halides is 3. The molecular weight excluding hydrogens is 729 g/mol. The third-order valence-electron chi connectivity index (χ3n) is 8.62. The number of ketones is 1. The highest BCUT2D eigenvalue weighted by atomic mass is 19.4. The van der Waals surface area contributed by atoms with Gasteiger partial charge in [-0.1, -0.05) is 78.3 Å². The van der Waals surface area contributed by atoms with E-state index >= 15 is 0 Å². The molecule has 306 valence electrons. The lowest BCUT2D eigenvalue weighted by Gasteiger charge is -2.26. The first-order valence-electron chi connectivity index (χ1n) is 18.0. The van der Waals surface area contributed by atoms with Gasteiger partial charge < -0.3 is 31.3 Å². The van der Waals surface area contributed by atoms with Crippen molar-refractivity contribution < 1.29 is 56.3 Å². The summed E-state index contributed by atoms with van der Waals surface area (Å²) in [5, 5.41) is 11.6. The maximum atomic E-state index is 13.4. The monoisotopic (exact) mass is 782 g/mol. The molecule has 55 heavy (non-hydrogen) atoms. The number of carbonyl (C=O) groups excluding carboxylic acids is 8. The molecule has 0 aliphatic carbocycles. The van der Waals surface area contributed by atoms with Gasteiger partial charge in [-0.3, -0.25) is 43.3 Å². The molecular formula is C37H53F3N6O9. The Morgan fingerprint density at radius 2 is 1.36 bits per heavy atom. The molecule has 0 bridgehead atoms. The van der Waals surface area contributed by atoms with Crippen LogP contribution < -0.4 is 26.6 Å². The predicted octanol–water partition coefficient (Wildman–Crippen LogP) is 1.68. The zero-order valence-electron chi connectivity index (χ0n) is 32.2. The SMILES string of the molecule is CC(C)(C)C(=O)C(OCNC(=O)CNC(=O)[C@H](Cc1ccccc1)NC(=O)CNC(=O)CNC(=O)CCCCCN1C(=O)CC(C(C)(C)C)C1=O)C(F)(F)F. The van der Waals surface area contributed by atoms with E-state index in [1.54, 1.807) is 30.3 Å². The molecule has 5 N–H and O–H groups in total. The molecule has 1 saturated heterocycles. The van der Waals surface area contributed by atoms with Gasteiger partial charge in [0.05, 0.1) is 25.6 Å². The van der Waals surface area contributed by atoms with Crippen LogP contribution in [-0.2, 0) is 49.5 Å². The molecule has 0 saturated carbocycles. The predicted molar refractivity (Wildman–Crippen MR) is 192 cm³/mol. The summed E-state index contributed by atoms with van der Waals surface area (Å²) in [6.07, 6.45) is -5.92. The topological polar surface area (TPSA) is 209 Å². The second-order valence-electron chi connectivity index (χ2n) is 15.3. The third-order valence-corrected chi connectivity index (χ3v) is 8.62. The number of likely N-dealkylation sites (tertiary alicyclic amines) is 1. The molecule has 0 aromatic heterocycles. The lowest BCUT2D eigenvalue weighted by Crippen LogP contribution is -2.52. The highest BCUT2D eigenvalue weighted by Crippen LogP contribution is 2.35.